The van der Waals surface area contributed by atoms with Gasteiger partial charge in [0.1, 0.15) is 0 Å². The first-order chi connectivity index (χ1) is 7.22. The van der Waals surface area contributed by atoms with Crippen LogP contribution in [0.25, 0.3) is 0 Å². The molecule has 0 aliphatic heterocycles. The molecule has 0 amide bonds. The van der Waals surface area contributed by atoms with Gasteiger partial charge in [0, 0.05) is 19.3 Å². The summed E-state index contributed by atoms with van der Waals surface area (Å²) in [6.07, 6.45) is 4.86. The fourth-order valence-electron chi connectivity index (χ4n) is 1.18. The Morgan fingerprint density at radius 3 is 2.94 bits per heavy atom. The fourth-order valence-corrected chi connectivity index (χ4v) is 1.18. The lowest BCUT2D eigenvalue weighted by atomic mass is 10.4. The highest BCUT2D eigenvalue weighted by Crippen LogP contribution is 1.92. The van der Waals surface area contributed by atoms with Crippen molar-refractivity contribution in [2.24, 2.45) is 10.7 Å². The molecule has 1 rings (SSSR count). The van der Waals surface area contributed by atoms with Gasteiger partial charge in [0.15, 0.2) is 5.96 Å². The van der Waals surface area contributed by atoms with E-state index in [4.69, 9.17) is 5.73 Å². The maximum atomic E-state index is 5.64. The molecule has 0 radical (unpaired) electrons. The minimum absolute atomic E-state index is 0. The monoisotopic (exact) mass is 337 g/mol. The third-order valence-corrected chi connectivity index (χ3v) is 1.92. The van der Waals surface area contributed by atoms with Crippen LogP contribution in [-0.2, 0) is 6.54 Å². The van der Waals surface area contributed by atoms with E-state index in [0.29, 0.717) is 5.96 Å². The summed E-state index contributed by atoms with van der Waals surface area (Å²) in [5, 5.41) is 7.21. The maximum absolute atomic E-state index is 5.64. The maximum Gasteiger partial charge on any atom is 0.188 e. The average Bonchev–Trinajstić information content (AvgIpc) is 2.61. The van der Waals surface area contributed by atoms with E-state index in [-0.39, 0.29) is 24.0 Å². The highest BCUT2D eigenvalue weighted by Gasteiger charge is 1.94. The Kier molecular flexibility index (Phi) is 7.96. The van der Waals surface area contributed by atoms with Crippen molar-refractivity contribution in [3.8, 4) is 0 Å². The highest BCUT2D eigenvalue weighted by atomic mass is 127. The van der Waals surface area contributed by atoms with Crippen LogP contribution in [0.5, 0.6) is 0 Å². The van der Waals surface area contributed by atoms with Crippen molar-refractivity contribution < 1.29 is 0 Å². The Hall–Kier alpha value is -0.790. The molecule has 0 aliphatic carbocycles. The van der Waals surface area contributed by atoms with Crippen LogP contribution >= 0.6 is 24.0 Å². The van der Waals surface area contributed by atoms with E-state index < -0.39 is 0 Å². The van der Waals surface area contributed by atoms with Gasteiger partial charge in [-0.15, -0.1) is 24.0 Å². The van der Waals surface area contributed by atoms with E-state index in [1.807, 2.05) is 24.0 Å². The summed E-state index contributed by atoms with van der Waals surface area (Å²) in [6.45, 7) is 6.42. The lowest BCUT2D eigenvalue weighted by molar-refractivity contribution is 0.601. The lowest BCUT2D eigenvalue weighted by Crippen LogP contribution is -2.34. The Morgan fingerprint density at radius 1 is 1.62 bits per heavy atom. The van der Waals surface area contributed by atoms with Crippen molar-refractivity contribution in [3.05, 3.63) is 18.0 Å². The van der Waals surface area contributed by atoms with Gasteiger partial charge in [-0.2, -0.15) is 5.10 Å². The van der Waals surface area contributed by atoms with Gasteiger partial charge in [0.2, 0.25) is 0 Å². The molecular formula is C10H20IN5. The first kappa shape index (κ1) is 15.2. The molecule has 1 heterocycles. The van der Waals surface area contributed by atoms with Crippen LogP contribution in [-0.4, -0.2) is 28.8 Å². The zero-order chi connectivity index (χ0) is 11.1. The number of hydrogen-bond acceptors (Lipinski definition) is 2. The standard InChI is InChI=1S/C10H19N5.HI/c1-3-4-12-10(11)13-5-6-15-8-9(2)7-14-15;/h7-8H,3-6H2,1-2H3,(H3,11,12,13);1H. The number of aliphatic imine (C=N–C) groups is 1. The SMILES string of the molecule is CCCN=C(N)NCCn1cc(C)cn1.I. The third kappa shape index (κ3) is 5.94. The van der Waals surface area contributed by atoms with Gasteiger partial charge in [-0.1, -0.05) is 6.92 Å². The summed E-state index contributed by atoms with van der Waals surface area (Å²) in [5.41, 5.74) is 6.81. The smallest absolute Gasteiger partial charge is 0.188 e. The zero-order valence-electron chi connectivity index (χ0n) is 9.81. The van der Waals surface area contributed by atoms with E-state index in [1.54, 1.807) is 0 Å². The number of aryl methyl sites for hydroxylation is 1. The van der Waals surface area contributed by atoms with Crippen molar-refractivity contribution in [2.75, 3.05) is 13.1 Å². The summed E-state index contributed by atoms with van der Waals surface area (Å²) in [4.78, 5) is 4.13. The lowest BCUT2D eigenvalue weighted by Gasteiger charge is -2.05. The number of nitrogens with one attached hydrogen (secondary N) is 1. The second-order valence-electron chi connectivity index (χ2n) is 3.47. The van der Waals surface area contributed by atoms with Gasteiger partial charge in [0.05, 0.1) is 12.7 Å². The molecule has 5 nitrogen and oxygen atoms in total. The molecule has 16 heavy (non-hydrogen) atoms. The molecule has 92 valence electrons. The van der Waals surface area contributed by atoms with Crippen LogP contribution < -0.4 is 11.1 Å². The molecule has 0 aromatic carbocycles. The first-order valence-corrected chi connectivity index (χ1v) is 5.25. The number of aromatic nitrogens is 2. The van der Waals surface area contributed by atoms with Crippen LogP contribution in [0.4, 0.5) is 0 Å². The van der Waals surface area contributed by atoms with Gasteiger partial charge < -0.3 is 11.1 Å². The molecule has 1 aromatic rings. The summed E-state index contributed by atoms with van der Waals surface area (Å²) in [5.74, 6) is 0.515. The molecule has 0 bridgehead atoms. The normalized spacial score (nSPS) is 11.0. The van der Waals surface area contributed by atoms with Crippen molar-refractivity contribution in [3.63, 3.8) is 0 Å². The van der Waals surface area contributed by atoms with Gasteiger partial charge in [-0.05, 0) is 18.9 Å². The predicted octanol–water partition coefficient (Wildman–Crippen LogP) is 1.12. The summed E-state index contributed by atoms with van der Waals surface area (Å²) < 4.78 is 1.88. The van der Waals surface area contributed by atoms with E-state index in [0.717, 1.165) is 26.1 Å². The quantitative estimate of drug-likeness (QED) is 0.481. The van der Waals surface area contributed by atoms with Crippen LogP contribution in [0.3, 0.4) is 0 Å². The van der Waals surface area contributed by atoms with Crippen molar-refractivity contribution in [1.29, 1.82) is 0 Å². The molecule has 0 aliphatic rings. The number of halogens is 1. The molecule has 0 atom stereocenters. The second-order valence-corrected chi connectivity index (χ2v) is 3.47. The minimum Gasteiger partial charge on any atom is -0.370 e. The molecule has 3 N–H and O–H groups in total. The Bertz CT molecular complexity index is 321. The predicted molar refractivity (Wildman–Crippen MR) is 77.2 cm³/mol. The number of nitrogens with zero attached hydrogens (tertiary/aromatic N) is 3. The summed E-state index contributed by atoms with van der Waals surface area (Å²) in [7, 11) is 0. The third-order valence-electron chi connectivity index (χ3n) is 1.92. The van der Waals surface area contributed by atoms with Gasteiger partial charge in [0.25, 0.3) is 0 Å². The molecule has 0 unspecified atom stereocenters. The average molecular weight is 337 g/mol. The molecule has 1 aromatic heterocycles. The van der Waals surface area contributed by atoms with E-state index in [1.165, 1.54) is 5.56 Å². The van der Waals surface area contributed by atoms with E-state index in [2.05, 4.69) is 22.3 Å². The van der Waals surface area contributed by atoms with Crippen LogP contribution in [0.1, 0.15) is 18.9 Å². The zero-order valence-corrected chi connectivity index (χ0v) is 12.1. The molecular weight excluding hydrogens is 317 g/mol. The van der Waals surface area contributed by atoms with Crippen LogP contribution in [0.15, 0.2) is 17.4 Å². The topological polar surface area (TPSA) is 68.2 Å². The number of guanidine groups is 1. The summed E-state index contributed by atoms with van der Waals surface area (Å²) in [6, 6.07) is 0. The van der Waals surface area contributed by atoms with E-state index in [9.17, 15) is 0 Å². The van der Waals surface area contributed by atoms with Crippen LogP contribution in [0, 0.1) is 6.92 Å². The number of hydrogen-bond donors (Lipinski definition) is 2. The van der Waals surface area contributed by atoms with Crippen molar-refractivity contribution >= 4 is 29.9 Å². The second kappa shape index (κ2) is 8.37. The Morgan fingerprint density at radius 2 is 2.38 bits per heavy atom. The molecule has 6 heteroatoms. The summed E-state index contributed by atoms with van der Waals surface area (Å²) >= 11 is 0. The van der Waals surface area contributed by atoms with Crippen molar-refractivity contribution in [1.82, 2.24) is 15.1 Å². The number of nitrogens with two attached hydrogens (primary N) is 1. The first-order valence-electron chi connectivity index (χ1n) is 5.25. The molecule has 0 fully saturated rings. The van der Waals surface area contributed by atoms with Crippen molar-refractivity contribution in [2.45, 2.75) is 26.8 Å². The van der Waals surface area contributed by atoms with E-state index >= 15 is 0 Å². The van der Waals surface area contributed by atoms with Gasteiger partial charge in [-0.3, -0.25) is 9.67 Å². The molecule has 0 saturated heterocycles. The Balaban J connectivity index is 0.00000225. The molecule has 0 spiro atoms. The van der Waals surface area contributed by atoms with Crippen LogP contribution in [0.2, 0.25) is 0 Å². The Labute approximate surface area is 114 Å². The molecule has 0 saturated carbocycles. The largest absolute Gasteiger partial charge is 0.370 e. The minimum atomic E-state index is 0. The number of rotatable bonds is 5. The fraction of sp³-hybridized carbons (Fsp3) is 0.600. The van der Waals surface area contributed by atoms with Gasteiger partial charge >= 0.3 is 0 Å². The van der Waals surface area contributed by atoms with Gasteiger partial charge in [-0.25, -0.2) is 0 Å². The highest BCUT2D eigenvalue weighted by molar-refractivity contribution is 14.0.